The molecule has 2 heterocycles. The molecule has 1 aromatic heterocycles. The predicted octanol–water partition coefficient (Wildman–Crippen LogP) is 6.69. The Labute approximate surface area is 268 Å². The van der Waals surface area contributed by atoms with Crippen molar-refractivity contribution in [2.45, 2.75) is 66.0 Å². The Hall–Kier alpha value is -2.60. The minimum absolute atomic E-state index is 0.295. The van der Waals surface area contributed by atoms with Crippen molar-refractivity contribution in [3.8, 4) is 0 Å². The first kappa shape index (κ1) is 32.8. The van der Waals surface area contributed by atoms with Crippen LogP contribution in [0.1, 0.15) is 45.2 Å². The average molecular weight is 722 g/mol. The van der Waals surface area contributed by atoms with Gasteiger partial charge in [0.2, 0.25) is 0 Å². The molecule has 1 saturated heterocycles. The molecule has 44 heavy (non-hydrogen) atoms. The molecule has 0 saturated carbocycles. The summed E-state index contributed by atoms with van der Waals surface area (Å²) in [4.78, 5) is 24.8. The minimum atomic E-state index is -2.77. The summed E-state index contributed by atoms with van der Waals surface area (Å²) in [5.41, 5.74) is 3.62. The molecule has 1 aliphatic rings. The number of esters is 1. The molecule has 5 rings (SSSR count). The number of thiazole rings is 1. The third kappa shape index (κ3) is 8.56. The van der Waals surface area contributed by atoms with Gasteiger partial charge in [-0.2, -0.15) is 0 Å². The monoisotopic (exact) mass is 723 g/mol. The van der Waals surface area contributed by atoms with Gasteiger partial charge < -0.3 is 0 Å². The van der Waals surface area contributed by atoms with E-state index in [4.69, 9.17) is 28.7 Å². The predicted molar refractivity (Wildman–Crippen MR) is 175 cm³/mol. The van der Waals surface area contributed by atoms with Gasteiger partial charge in [0, 0.05) is 0 Å². The van der Waals surface area contributed by atoms with Crippen LogP contribution < -0.4 is 2.89 Å². The van der Waals surface area contributed by atoms with E-state index < -0.39 is 42.8 Å². The van der Waals surface area contributed by atoms with Gasteiger partial charge in [0.25, 0.3) is 0 Å². The standard InChI is InChI=1S/C32H32NO6S.3CH3.Sn/c1-2-36-32(34)26-22-40-31(33-26)30-29(38-20-25-16-10-5-11-17-25)28(37-19-24-14-8-4-9-15-24)27(39-30)21-35-18-23-12-6-3-7-13-23;;;;/h3-17,27-30H,2,18-21H2,1H3;3*1H3;/t27-,28-,29-,30-;;;;/m1..../s1. The number of carbonyl (C=O) groups excluding carboxylic acids is 1. The van der Waals surface area contributed by atoms with Crippen molar-refractivity contribution in [3.63, 3.8) is 0 Å². The van der Waals surface area contributed by atoms with E-state index in [0.29, 0.717) is 43.7 Å². The van der Waals surface area contributed by atoms with Crippen LogP contribution in [0, 0.1) is 0 Å². The van der Waals surface area contributed by atoms with Crippen molar-refractivity contribution in [2.24, 2.45) is 0 Å². The third-order valence-electron chi connectivity index (χ3n) is 7.31. The van der Waals surface area contributed by atoms with E-state index in [1.165, 1.54) is 0 Å². The van der Waals surface area contributed by atoms with Crippen molar-refractivity contribution in [3.05, 3.63) is 118 Å². The number of hydrogen-bond donors (Lipinski definition) is 0. The first-order valence-corrected chi connectivity index (χ1v) is 25.9. The van der Waals surface area contributed by atoms with Gasteiger partial charge in [-0.25, -0.2) is 0 Å². The van der Waals surface area contributed by atoms with Crippen LogP contribution in [0.2, 0.25) is 14.8 Å². The summed E-state index contributed by atoms with van der Waals surface area (Å²) in [6.07, 6.45) is -1.86. The van der Waals surface area contributed by atoms with E-state index in [-0.39, 0.29) is 5.97 Å². The van der Waals surface area contributed by atoms with E-state index in [2.05, 4.69) is 14.8 Å². The second-order valence-electron chi connectivity index (χ2n) is 11.8. The fraction of sp³-hybridized carbons (Fsp3) is 0.371. The fourth-order valence-corrected chi connectivity index (χ4v) is 12.3. The van der Waals surface area contributed by atoms with Crippen LogP contribution in [0.5, 0.6) is 0 Å². The molecule has 0 N–H and O–H groups in total. The van der Waals surface area contributed by atoms with E-state index in [1.54, 1.807) is 11.3 Å². The molecule has 0 bridgehead atoms. The van der Waals surface area contributed by atoms with Crippen LogP contribution in [0.3, 0.4) is 0 Å². The van der Waals surface area contributed by atoms with Crippen molar-refractivity contribution < 1.29 is 28.5 Å². The average Bonchev–Trinajstić information content (AvgIpc) is 3.63. The third-order valence-corrected chi connectivity index (χ3v) is 17.8. The van der Waals surface area contributed by atoms with Crippen LogP contribution in [-0.2, 0) is 43.5 Å². The molecule has 3 aromatic carbocycles. The van der Waals surface area contributed by atoms with Gasteiger partial charge in [-0.1, -0.05) is 6.07 Å². The molecule has 1 aliphatic heterocycles. The van der Waals surface area contributed by atoms with Crippen LogP contribution in [0.15, 0.2) is 91.0 Å². The van der Waals surface area contributed by atoms with E-state index in [1.807, 2.05) is 97.9 Å². The molecule has 4 aromatic rings. The maximum absolute atomic E-state index is 13.0. The van der Waals surface area contributed by atoms with Crippen molar-refractivity contribution in [1.29, 1.82) is 0 Å². The summed E-state index contributed by atoms with van der Waals surface area (Å²) in [6, 6.07) is 30.2. The van der Waals surface area contributed by atoms with Gasteiger partial charge >= 0.3 is 264 Å². The topological polar surface area (TPSA) is 76.1 Å². The molecule has 1 fully saturated rings. The van der Waals surface area contributed by atoms with Crippen LogP contribution >= 0.6 is 11.3 Å². The zero-order valence-corrected chi connectivity index (χ0v) is 29.5. The van der Waals surface area contributed by atoms with Crippen molar-refractivity contribution in [2.75, 3.05) is 13.2 Å². The molecule has 7 nitrogen and oxygen atoms in total. The Balaban J connectivity index is 1.47. The molecule has 0 aliphatic carbocycles. The van der Waals surface area contributed by atoms with Crippen molar-refractivity contribution >= 4 is 38.6 Å². The second-order valence-corrected chi connectivity index (χ2v) is 28.2. The Kier molecular flexibility index (Phi) is 11.6. The van der Waals surface area contributed by atoms with Gasteiger partial charge in [-0.3, -0.25) is 0 Å². The van der Waals surface area contributed by atoms with E-state index in [0.717, 1.165) is 19.6 Å². The summed E-state index contributed by atoms with van der Waals surface area (Å²) in [7, 11) is 0. The summed E-state index contributed by atoms with van der Waals surface area (Å²) in [5, 5.41) is 0.714. The van der Waals surface area contributed by atoms with Crippen molar-refractivity contribution in [1.82, 2.24) is 4.98 Å². The number of nitrogens with zero attached hydrogens (tertiary/aromatic N) is 1. The van der Waals surface area contributed by atoms with E-state index >= 15 is 0 Å². The Morgan fingerprint density at radius 2 is 1.32 bits per heavy atom. The number of ether oxygens (including phenoxy) is 5. The van der Waals surface area contributed by atoms with Gasteiger partial charge in [0.15, 0.2) is 0 Å². The number of hydrogen-bond acceptors (Lipinski definition) is 8. The number of benzene rings is 3. The maximum atomic E-state index is 13.0. The number of aromatic nitrogens is 1. The van der Waals surface area contributed by atoms with Gasteiger partial charge in [-0.15, -0.1) is 0 Å². The molecule has 0 spiro atoms. The normalized spacial score (nSPS) is 20.1. The summed E-state index contributed by atoms with van der Waals surface area (Å²) < 4.78 is 32.7. The Morgan fingerprint density at radius 3 is 1.84 bits per heavy atom. The molecule has 0 radical (unpaired) electrons. The van der Waals surface area contributed by atoms with Gasteiger partial charge in [-0.05, 0) is 0 Å². The number of carbonyl (C=O) groups is 1. The Bertz CT molecular complexity index is 1460. The summed E-state index contributed by atoms with van der Waals surface area (Å²) in [5.74, 6) is -0.379. The molecular weight excluding hydrogens is 681 g/mol. The number of rotatable bonds is 14. The van der Waals surface area contributed by atoms with Crippen LogP contribution in [0.4, 0.5) is 0 Å². The second kappa shape index (κ2) is 15.6. The molecule has 0 unspecified atom stereocenters. The first-order chi connectivity index (χ1) is 21.3. The van der Waals surface area contributed by atoms with Gasteiger partial charge in [0.05, 0.1) is 0 Å². The van der Waals surface area contributed by atoms with Crippen LogP contribution in [-0.4, -0.2) is 60.9 Å². The Morgan fingerprint density at radius 1 is 0.795 bits per heavy atom. The molecule has 9 heteroatoms. The molecular formula is C35H41NO6SSn. The summed E-state index contributed by atoms with van der Waals surface area (Å²) >= 11 is -1.21. The first-order valence-electron chi connectivity index (χ1n) is 15.1. The fourth-order valence-electron chi connectivity index (χ4n) is 5.15. The molecule has 4 atom stereocenters. The van der Waals surface area contributed by atoms with Crippen LogP contribution in [0.25, 0.3) is 0 Å². The zero-order chi connectivity index (χ0) is 30.9. The van der Waals surface area contributed by atoms with Gasteiger partial charge in [0.1, 0.15) is 0 Å². The molecule has 0 amide bonds. The van der Waals surface area contributed by atoms with E-state index in [9.17, 15) is 4.79 Å². The summed E-state index contributed by atoms with van der Waals surface area (Å²) in [6.45, 7) is 3.67. The quantitative estimate of drug-likeness (QED) is 0.106. The SMILES string of the molecule is CCOC(=O)c1nc([C@@H]2O[C@H](COCc3ccccc3)[C@@H](OCc3ccccc3)[C@H]2OCc2ccccc2)s[c]1[Sn]([CH3])([CH3])[CH3]. The molecule has 232 valence electrons. The zero-order valence-electron chi connectivity index (χ0n) is 25.8.